The third kappa shape index (κ3) is 5.83. The molecule has 2 unspecified atom stereocenters. The first-order valence-corrected chi connectivity index (χ1v) is 9.34. The predicted molar refractivity (Wildman–Crippen MR) is 105 cm³/mol. The maximum atomic E-state index is 13.5. The summed E-state index contributed by atoms with van der Waals surface area (Å²) in [4.78, 5) is 6.36. The maximum Gasteiger partial charge on any atom is 0.191 e. The molecule has 2 atom stereocenters. The number of nitrogens with one attached hydrogen (secondary N) is 2. The second-order valence-corrected chi connectivity index (χ2v) is 7.11. The molecule has 0 saturated carbocycles. The average Bonchev–Trinajstić information content (AvgIpc) is 3.12. The fourth-order valence-electron chi connectivity index (χ4n) is 2.65. The molecular weight excluding hydrogens is 335 g/mol. The Kier molecular flexibility index (Phi) is 7.40. The van der Waals surface area contributed by atoms with E-state index in [0.717, 1.165) is 18.1 Å². The zero-order valence-corrected chi connectivity index (χ0v) is 16.1. The fraction of sp³-hybridized carbons (Fsp3) is 0.421. The van der Waals surface area contributed by atoms with Crippen LogP contribution in [-0.2, 0) is 0 Å². The lowest BCUT2D eigenvalue weighted by molar-refractivity contribution is 0.297. The lowest BCUT2D eigenvalue weighted by Gasteiger charge is -2.26. The van der Waals surface area contributed by atoms with Crippen molar-refractivity contribution in [2.45, 2.75) is 18.9 Å². The van der Waals surface area contributed by atoms with E-state index in [9.17, 15) is 4.39 Å². The van der Waals surface area contributed by atoms with Gasteiger partial charge < -0.3 is 15.5 Å². The summed E-state index contributed by atoms with van der Waals surface area (Å²) >= 11 is 1.71. The predicted octanol–water partition coefficient (Wildman–Crippen LogP) is 3.46. The normalized spacial score (nSPS) is 14.4. The van der Waals surface area contributed by atoms with Gasteiger partial charge >= 0.3 is 0 Å². The summed E-state index contributed by atoms with van der Waals surface area (Å²) in [7, 11) is 5.75. The van der Waals surface area contributed by atoms with Crippen molar-refractivity contribution in [2.24, 2.45) is 4.99 Å². The van der Waals surface area contributed by atoms with Crippen LogP contribution in [0.4, 0.5) is 4.39 Å². The Labute approximate surface area is 153 Å². The van der Waals surface area contributed by atoms with Crippen LogP contribution in [0.1, 0.15) is 30.0 Å². The van der Waals surface area contributed by atoms with Gasteiger partial charge in [-0.2, -0.15) is 11.3 Å². The quantitative estimate of drug-likeness (QED) is 0.585. The molecule has 0 fully saturated rings. The molecule has 0 aliphatic rings. The van der Waals surface area contributed by atoms with E-state index in [2.05, 4.69) is 44.3 Å². The van der Waals surface area contributed by atoms with Crippen LogP contribution in [0.2, 0.25) is 0 Å². The van der Waals surface area contributed by atoms with E-state index in [0.29, 0.717) is 12.5 Å². The van der Waals surface area contributed by atoms with Crippen molar-refractivity contribution in [1.29, 1.82) is 0 Å². The van der Waals surface area contributed by atoms with Crippen LogP contribution in [0, 0.1) is 5.82 Å². The first kappa shape index (κ1) is 19.4. The molecule has 6 heteroatoms. The van der Waals surface area contributed by atoms with Gasteiger partial charge in [-0.25, -0.2) is 4.39 Å². The van der Waals surface area contributed by atoms with Crippen molar-refractivity contribution in [1.82, 2.24) is 15.5 Å². The van der Waals surface area contributed by atoms with E-state index in [1.54, 1.807) is 30.5 Å². The molecule has 0 amide bonds. The number of likely N-dealkylation sites (N-methyl/N-ethyl adjacent to an activating group) is 1. The highest BCUT2D eigenvalue weighted by Gasteiger charge is 2.15. The lowest BCUT2D eigenvalue weighted by Crippen LogP contribution is -2.42. The largest absolute Gasteiger partial charge is 0.356 e. The molecule has 1 heterocycles. The average molecular weight is 363 g/mol. The van der Waals surface area contributed by atoms with Gasteiger partial charge in [-0.3, -0.25) is 4.99 Å². The van der Waals surface area contributed by atoms with Gasteiger partial charge in [0.05, 0.1) is 6.04 Å². The van der Waals surface area contributed by atoms with Crippen LogP contribution >= 0.6 is 11.3 Å². The van der Waals surface area contributed by atoms with Crippen molar-refractivity contribution in [3.8, 4) is 0 Å². The maximum absolute atomic E-state index is 13.5. The smallest absolute Gasteiger partial charge is 0.191 e. The van der Waals surface area contributed by atoms with Gasteiger partial charge in [-0.1, -0.05) is 19.1 Å². The van der Waals surface area contributed by atoms with Crippen LogP contribution in [0.25, 0.3) is 0 Å². The van der Waals surface area contributed by atoms with Crippen LogP contribution in [0.5, 0.6) is 0 Å². The highest BCUT2D eigenvalue weighted by molar-refractivity contribution is 7.07. The summed E-state index contributed by atoms with van der Waals surface area (Å²) in [6.45, 7) is 3.64. The van der Waals surface area contributed by atoms with Crippen molar-refractivity contribution < 1.29 is 4.39 Å². The molecule has 1 aromatic carbocycles. The third-order valence-electron chi connectivity index (χ3n) is 4.23. The number of hydrogen-bond acceptors (Lipinski definition) is 3. The topological polar surface area (TPSA) is 39.7 Å². The minimum absolute atomic E-state index is 0.0588. The molecule has 2 aromatic rings. The summed E-state index contributed by atoms with van der Waals surface area (Å²) < 4.78 is 13.5. The molecule has 1 aromatic heterocycles. The van der Waals surface area contributed by atoms with Crippen LogP contribution in [0.15, 0.2) is 46.1 Å². The Morgan fingerprint density at radius 1 is 1.20 bits per heavy atom. The zero-order valence-electron chi connectivity index (χ0n) is 15.3. The number of aliphatic imine (C=N–C) groups is 1. The molecule has 0 radical (unpaired) electrons. The number of guanidine groups is 1. The van der Waals surface area contributed by atoms with Gasteiger partial charge in [-0.05, 0) is 60.1 Å². The van der Waals surface area contributed by atoms with Crippen LogP contribution in [0.3, 0.4) is 0 Å². The van der Waals surface area contributed by atoms with Gasteiger partial charge in [0.2, 0.25) is 0 Å². The Morgan fingerprint density at radius 2 is 1.96 bits per heavy atom. The summed E-state index contributed by atoms with van der Waals surface area (Å²) in [5, 5.41) is 11.0. The number of rotatable bonds is 7. The summed E-state index contributed by atoms with van der Waals surface area (Å²) in [5.41, 5.74) is 2.28. The van der Waals surface area contributed by atoms with Crippen molar-refractivity contribution >= 4 is 17.3 Å². The minimum atomic E-state index is -0.212. The van der Waals surface area contributed by atoms with E-state index in [1.165, 1.54) is 11.6 Å². The molecule has 0 aliphatic carbocycles. The highest BCUT2D eigenvalue weighted by Crippen LogP contribution is 2.19. The first-order valence-electron chi connectivity index (χ1n) is 8.39. The van der Waals surface area contributed by atoms with Crippen LogP contribution < -0.4 is 10.6 Å². The SMILES string of the molecule is CN=C(NCC(C)c1ccsc1)NCC(c1cccc(F)c1)N(C)C. The lowest BCUT2D eigenvalue weighted by atomic mass is 10.1. The Morgan fingerprint density at radius 3 is 2.56 bits per heavy atom. The van der Waals surface area contributed by atoms with Crippen molar-refractivity contribution in [3.05, 3.63) is 58.0 Å². The van der Waals surface area contributed by atoms with E-state index < -0.39 is 0 Å². The van der Waals surface area contributed by atoms with E-state index in [4.69, 9.17) is 0 Å². The zero-order chi connectivity index (χ0) is 18.2. The molecule has 0 aliphatic heterocycles. The molecule has 25 heavy (non-hydrogen) atoms. The number of halogens is 1. The van der Waals surface area contributed by atoms with Gasteiger partial charge in [0.1, 0.15) is 5.82 Å². The minimum Gasteiger partial charge on any atom is -0.356 e. The molecule has 0 bridgehead atoms. The summed E-state index contributed by atoms with van der Waals surface area (Å²) in [6.07, 6.45) is 0. The molecule has 2 N–H and O–H groups in total. The van der Waals surface area contributed by atoms with Crippen molar-refractivity contribution in [3.63, 3.8) is 0 Å². The van der Waals surface area contributed by atoms with E-state index in [1.807, 2.05) is 20.2 Å². The van der Waals surface area contributed by atoms with E-state index >= 15 is 0 Å². The standard InChI is InChI=1S/C19H27FN4S/c1-14(16-8-9-25-13-16)11-22-19(21-2)23-12-18(24(3)4)15-6-5-7-17(20)10-15/h5-10,13-14,18H,11-12H2,1-4H3,(H2,21,22,23). The molecule has 4 nitrogen and oxygen atoms in total. The summed E-state index contributed by atoms with van der Waals surface area (Å²) in [5.74, 6) is 0.958. The van der Waals surface area contributed by atoms with E-state index in [-0.39, 0.29) is 11.9 Å². The number of thiophene rings is 1. The van der Waals surface area contributed by atoms with Gasteiger partial charge in [-0.15, -0.1) is 0 Å². The van der Waals surface area contributed by atoms with Gasteiger partial charge in [0.15, 0.2) is 5.96 Å². The highest BCUT2D eigenvalue weighted by atomic mass is 32.1. The molecule has 0 spiro atoms. The van der Waals surface area contributed by atoms with Gasteiger partial charge in [0.25, 0.3) is 0 Å². The monoisotopic (exact) mass is 362 g/mol. The summed E-state index contributed by atoms with van der Waals surface area (Å²) in [6, 6.07) is 8.96. The Bertz CT molecular complexity index is 670. The fourth-order valence-corrected chi connectivity index (χ4v) is 3.43. The molecule has 2 rings (SSSR count). The second-order valence-electron chi connectivity index (χ2n) is 6.33. The number of nitrogens with zero attached hydrogens (tertiary/aromatic N) is 2. The molecular formula is C19H27FN4S. The van der Waals surface area contributed by atoms with Gasteiger partial charge in [0, 0.05) is 20.1 Å². The Hall–Kier alpha value is -1.92. The molecule has 0 saturated heterocycles. The number of hydrogen-bond donors (Lipinski definition) is 2. The van der Waals surface area contributed by atoms with Crippen LogP contribution in [-0.4, -0.2) is 45.1 Å². The number of benzene rings is 1. The molecule has 136 valence electrons. The second kappa shape index (κ2) is 9.53. The van der Waals surface area contributed by atoms with Crippen molar-refractivity contribution in [2.75, 3.05) is 34.2 Å². The Balaban J connectivity index is 1.91. The third-order valence-corrected chi connectivity index (χ3v) is 4.93. The first-order chi connectivity index (χ1) is 12.0.